The number of methoxy groups -OCH3 is 2. The normalized spacial score (nSPS) is 22.4. The van der Waals surface area contributed by atoms with Crippen molar-refractivity contribution in [1.82, 2.24) is 9.80 Å². The van der Waals surface area contributed by atoms with Crippen molar-refractivity contribution >= 4 is 17.9 Å². The predicted octanol–water partition coefficient (Wildman–Crippen LogP) is 3.72. The van der Waals surface area contributed by atoms with Gasteiger partial charge in [-0.25, -0.2) is 0 Å². The number of phenolic OH excluding ortho intramolecular Hbond substituents is 1. The van der Waals surface area contributed by atoms with Gasteiger partial charge in [0.2, 0.25) is 31.0 Å². The number of hydrogen-bond donors (Lipinski definition) is 1. The van der Waals surface area contributed by atoms with E-state index in [0.29, 0.717) is 59.6 Å². The standard InChI is InChI=1S/C33H32N2O9/c1-18(36)34-15-25-30(21-12-27(40-3)32-29(13-21)42-17-44-32)24(9-19-4-6-23(37)7-5-19)33(38)35(25)14-22(34)8-20-10-26(39-2)31-28(11-20)41-16-43-31/h4-7,9-13,22,25,30,37H,8,14-17H2,1-3H3/b24-9+/t22-,25+,30-/m0/s1. The van der Waals surface area contributed by atoms with E-state index in [9.17, 15) is 14.7 Å². The fraction of sp³-hybridized carbons (Fsp3) is 0.333. The second-order valence-corrected chi connectivity index (χ2v) is 11.2. The molecule has 3 aromatic carbocycles. The molecule has 7 rings (SSSR count). The first-order chi connectivity index (χ1) is 21.3. The zero-order valence-electron chi connectivity index (χ0n) is 24.6. The van der Waals surface area contributed by atoms with Crippen molar-refractivity contribution in [2.45, 2.75) is 31.3 Å². The van der Waals surface area contributed by atoms with Gasteiger partial charge >= 0.3 is 0 Å². The first kappa shape index (κ1) is 27.8. The number of ether oxygens (including phenoxy) is 6. The number of amides is 2. The molecule has 2 fully saturated rings. The maximum atomic E-state index is 14.3. The number of benzene rings is 3. The third-order valence-electron chi connectivity index (χ3n) is 8.71. The van der Waals surface area contributed by atoms with E-state index in [4.69, 9.17) is 28.4 Å². The van der Waals surface area contributed by atoms with E-state index in [-0.39, 0.29) is 43.2 Å². The van der Waals surface area contributed by atoms with Gasteiger partial charge in [0.25, 0.3) is 5.91 Å². The van der Waals surface area contributed by atoms with Crippen molar-refractivity contribution in [3.8, 4) is 40.2 Å². The molecule has 0 aromatic heterocycles. The quantitative estimate of drug-likeness (QED) is 0.423. The fourth-order valence-electron chi connectivity index (χ4n) is 6.70. The molecule has 2 saturated heterocycles. The van der Waals surface area contributed by atoms with Crippen LogP contribution in [0.1, 0.15) is 29.5 Å². The van der Waals surface area contributed by atoms with E-state index < -0.39 is 5.92 Å². The van der Waals surface area contributed by atoms with Crippen molar-refractivity contribution in [1.29, 1.82) is 0 Å². The van der Waals surface area contributed by atoms with Crippen LogP contribution < -0.4 is 28.4 Å². The van der Waals surface area contributed by atoms with Crippen LogP contribution in [0.3, 0.4) is 0 Å². The topological polar surface area (TPSA) is 116 Å². The molecule has 4 aliphatic heterocycles. The van der Waals surface area contributed by atoms with Crippen LogP contribution in [-0.4, -0.2) is 79.7 Å². The molecule has 11 heteroatoms. The number of fused-ring (bicyclic) bond motifs is 3. The van der Waals surface area contributed by atoms with Gasteiger partial charge in [-0.1, -0.05) is 12.1 Å². The molecule has 11 nitrogen and oxygen atoms in total. The molecule has 44 heavy (non-hydrogen) atoms. The molecule has 3 atom stereocenters. The molecular formula is C33H32N2O9. The molecule has 228 valence electrons. The largest absolute Gasteiger partial charge is 0.508 e. The summed E-state index contributed by atoms with van der Waals surface area (Å²) in [5.41, 5.74) is 3.08. The summed E-state index contributed by atoms with van der Waals surface area (Å²) in [4.78, 5) is 31.1. The van der Waals surface area contributed by atoms with E-state index in [1.165, 1.54) is 0 Å². The number of carbonyl (C=O) groups is 2. The van der Waals surface area contributed by atoms with Crippen molar-refractivity contribution in [3.05, 3.63) is 70.8 Å². The minimum atomic E-state index is -0.395. The molecule has 3 aromatic rings. The first-order valence-electron chi connectivity index (χ1n) is 14.4. The Morgan fingerprint density at radius 1 is 0.932 bits per heavy atom. The second kappa shape index (κ2) is 10.9. The first-order valence-corrected chi connectivity index (χ1v) is 14.4. The van der Waals surface area contributed by atoms with Gasteiger partial charge in [0.05, 0.1) is 26.3 Å². The number of carbonyl (C=O) groups excluding carboxylic acids is 2. The number of nitrogens with zero attached hydrogens (tertiary/aromatic N) is 2. The van der Waals surface area contributed by atoms with Crippen LogP contribution in [0.15, 0.2) is 54.1 Å². The molecular weight excluding hydrogens is 568 g/mol. The van der Waals surface area contributed by atoms with Gasteiger partial charge < -0.3 is 43.3 Å². The van der Waals surface area contributed by atoms with Gasteiger partial charge in [-0.2, -0.15) is 0 Å². The van der Waals surface area contributed by atoms with E-state index in [1.807, 2.05) is 40.1 Å². The Morgan fingerprint density at radius 2 is 1.59 bits per heavy atom. The highest BCUT2D eigenvalue weighted by Gasteiger charge is 2.50. The summed E-state index contributed by atoms with van der Waals surface area (Å²) >= 11 is 0. The minimum Gasteiger partial charge on any atom is -0.508 e. The smallest absolute Gasteiger partial charge is 0.250 e. The second-order valence-electron chi connectivity index (χ2n) is 11.2. The molecule has 2 amide bonds. The van der Waals surface area contributed by atoms with Crippen LogP contribution in [0.25, 0.3) is 6.08 Å². The molecule has 0 spiro atoms. The highest BCUT2D eigenvalue weighted by Crippen LogP contribution is 2.49. The maximum Gasteiger partial charge on any atom is 0.250 e. The average Bonchev–Trinajstić information content (AvgIpc) is 3.75. The molecule has 0 aliphatic carbocycles. The van der Waals surface area contributed by atoms with Gasteiger partial charge in [-0.05, 0) is 65.6 Å². The van der Waals surface area contributed by atoms with Crippen LogP contribution in [-0.2, 0) is 16.0 Å². The third-order valence-corrected chi connectivity index (χ3v) is 8.71. The Balaban J connectivity index is 1.28. The lowest BCUT2D eigenvalue weighted by Gasteiger charge is -2.44. The van der Waals surface area contributed by atoms with Crippen molar-refractivity contribution in [3.63, 3.8) is 0 Å². The molecule has 1 N–H and O–H groups in total. The summed E-state index contributed by atoms with van der Waals surface area (Å²) in [6.45, 7) is 2.43. The van der Waals surface area contributed by atoms with Crippen LogP contribution >= 0.6 is 0 Å². The van der Waals surface area contributed by atoms with Crippen LogP contribution in [0, 0.1) is 0 Å². The monoisotopic (exact) mass is 600 g/mol. The van der Waals surface area contributed by atoms with Gasteiger partial charge in [0.1, 0.15) is 5.75 Å². The predicted molar refractivity (Wildman–Crippen MR) is 157 cm³/mol. The number of piperazine rings is 1. The van der Waals surface area contributed by atoms with Crippen LogP contribution in [0.2, 0.25) is 0 Å². The molecule has 4 heterocycles. The average molecular weight is 601 g/mol. The minimum absolute atomic E-state index is 0.0761. The van der Waals surface area contributed by atoms with Crippen LogP contribution in [0.4, 0.5) is 0 Å². The Kier molecular flexibility index (Phi) is 6.87. The molecule has 0 unspecified atom stereocenters. The number of aromatic hydroxyl groups is 1. The van der Waals surface area contributed by atoms with E-state index in [2.05, 4.69) is 0 Å². The number of phenols is 1. The zero-order chi connectivity index (χ0) is 30.5. The highest BCUT2D eigenvalue weighted by molar-refractivity contribution is 6.03. The Hall–Kier alpha value is -5.06. The van der Waals surface area contributed by atoms with Gasteiger partial charge in [0.15, 0.2) is 23.0 Å². The van der Waals surface area contributed by atoms with Gasteiger partial charge in [-0.3, -0.25) is 9.59 Å². The van der Waals surface area contributed by atoms with Gasteiger partial charge in [-0.15, -0.1) is 0 Å². The molecule has 0 radical (unpaired) electrons. The zero-order valence-corrected chi connectivity index (χ0v) is 24.6. The summed E-state index contributed by atoms with van der Waals surface area (Å²) in [6, 6.07) is 13.7. The van der Waals surface area contributed by atoms with Crippen molar-refractivity contribution in [2.75, 3.05) is 40.9 Å². The fourth-order valence-corrected chi connectivity index (χ4v) is 6.70. The lowest BCUT2D eigenvalue weighted by molar-refractivity contribution is -0.140. The van der Waals surface area contributed by atoms with Crippen molar-refractivity contribution in [2.24, 2.45) is 0 Å². The Morgan fingerprint density at radius 3 is 2.25 bits per heavy atom. The van der Waals surface area contributed by atoms with Gasteiger partial charge in [0, 0.05) is 31.5 Å². The highest BCUT2D eigenvalue weighted by atomic mass is 16.7. The summed E-state index contributed by atoms with van der Waals surface area (Å²) in [5.74, 6) is 2.85. The van der Waals surface area contributed by atoms with Crippen LogP contribution in [0.5, 0.6) is 40.2 Å². The lowest BCUT2D eigenvalue weighted by Crippen LogP contribution is -2.59. The number of rotatable bonds is 6. The van der Waals surface area contributed by atoms with Crippen molar-refractivity contribution < 1.29 is 43.1 Å². The Labute approximate surface area is 254 Å². The number of hydrogen-bond acceptors (Lipinski definition) is 9. The summed E-state index contributed by atoms with van der Waals surface area (Å²) < 4.78 is 33.7. The van der Waals surface area contributed by atoms with E-state index in [1.54, 1.807) is 45.4 Å². The van der Waals surface area contributed by atoms with E-state index >= 15 is 0 Å². The summed E-state index contributed by atoms with van der Waals surface area (Å²) in [6.07, 6.45) is 2.35. The SMILES string of the molecule is COc1cc(C[C@H]2CN3C(=O)/C(=C/c4ccc(O)cc4)[C@H](c4cc(OC)c5c(c4)OCO5)[C@H]3CN2C(C)=O)cc2c1OCO2. The lowest BCUT2D eigenvalue weighted by atomic mass is 9.85. The molecule has 4 aliphatic rings. The summed E-state index contributed by atoms with van der Waals surface area (Å²) in [5, 5.41) is 9.84. The van der Waals surface area contributed by atoms with E-state index in [0.717, 1.165) is 16.7 Å². The molecule has 0 saturated carbocycles. The maximum absolute atomic E-state index is 14.3. The summed E-state index contributed by atoms with van der Waals surface area (Å²) in [7, 11) is 3.14. The third kappa shape index (κ3) is 4.68. The molecule has 0 bridgehead atoms. The Bertz CT molecular complexity index is 1670.